The number of benzene rings is 2. The van der Waals surface area contributed by atoms with Crippen molar-refractivity contribution in [3.8, 4) is 22.6 Å². The smallest absolute Gasteiger partial charge is 0.258 e. The van der Waals surface area contributed by atoms with Gasteiger partial charge in [0.15, 0.2) is 11.5 Å². The normalized spacial score (nSPS) is 12.8. The molecular formula is C16H12N2O3. The Hall–Kier alpha value is -2.82. The highest BCUT2D eigenvalue weighted by Gasteiger charge is 2.14. The molecule has 0 saturated heterocycles. The quantitative estimate of drug-likeness (QED) is 0.744. The maximum absolute atomic E-state index is 11.9. The van der Waals surface area contributed by atoms with Gasteiger partial charge in [-0.05, 0) is 42.3 Å². The molecule has 0 fully saturated rings. The number of rotatable bonds is 1. The Morgan fingerprint density at radius 2 is 1.81 bits per heavy atom. The van der Waals surface area contributed by atoms with E-state index in [1.54, 1.807) is 13.0 Å². The van der Waals surface area contributed by atoms with Gasteiger partial charge in [0.25, 0.3) is 5.56 Å². The summed E-state index contributed by atoms with van der Waals surface area (Å²) in [5.41, 5.74) is 2.56. The van der Waals surface area contributed by atoms with E-state index in [2.05, 4.69) is 9.97 Å². The average Bonchev–Trinajstić information content (AvgIpc) is 2.93. The van der Waals surface area contributed by atoms with Crippen LogP contribution in [-0.4, -0.2) is 16.8 Å². The van der Waals surface area contributed by atoms with Gasteiger partial charge in [-0.15, -0.1) is 0 Å². The second-order valence-electron chi connectivity index (χ2n) is 4.95. The molecule has 1 aliphatic heterocycles. The van der Waals surface area contributed by atoms with E-state index in [-0.39, 0.29) is 12.4 Å². The fourth-order valence-electron chi connectivity index (χ4n) is 2.51. The largest absolute Gasteiger partial charge is 0.454 e. The molecule has 5 heteroatoms. The Kier molecular flexibility index (Phi) is 2.47. The third-order valence-electron chi connectivity index (χ3n) is 3.53. The van der Waals surface area contributed by atoms with E-state index in [4.69, 9.17) is 9.47 Å². The minimum Gasteiger partial charge on any atom is -0.454 e. The Bertz CT molecular complexity index is 915. The summed E-state index contributed by atoms with van der Waals surface area (Å²) in [6, 6.07) is 11.4. The van der Waals surface area contributed by atoms with Crippen molar-refractivity contribution in [2.45, 2.75) is 6.92 Å². The van der Waals surface area contributed by atoms with Crippen molar-refractivity contribution in [1.82, 2.24) is 9.97 Å². The van der Waals surface area contributed by atoms with E-state index < -0.39 is 0 Å². The summed E-state index contributed by atoms with van der Waals surface area (Å²) in [4.78, 5) is 19.0. The SMILES string of the molecule is Cc1nc2cc(-c3ccc4c(c3)OCO4)ccc2c(=O)[nH]1. The Balaban J connectivity index is 1.89. The first-order valence-electron chi connectivity index (χ1n) is 6.61. The predicted octanol–water partition coefficient (Wildman–Crippen LogP) is 2.63. The molecule has 1 N–H and O–H groups in total. The Morgan fingerprint density at radius 3 is 2.71 bits per heavy atom. The number of aromatic amines is 1. The van der Waals surface area contributed by atoms with Gasteiger partial charge in [0.1, 0.15) is 5.82 Å². The highest BCUT2D eigenvalue weighted by molar-refractivity contribution is 5.84. The van der Waals surface area contributed by atoms with Crippen molar-refractivity contribution in [2.75, 3.05) is 6.79 Å². The molecule has 0 unspecified atom stereocenters. The van der Waals surface area contributed by atoms with E-state index in [0.717, 1.165) is 22.6 Å². The number of H-pyrrole nitrogens is 1. The molecule has 104 valence electrons. The summed E-state index contributed by atoms with van der Waals surface area (Å²) in [5, 5.41) is 0.588. The number of ether oxygens (including phenoxy) is 2. The molecule has 2 heterocycles. The van der Waals surface area contributed by atoms with E-state index in [0.29, 0.717) is 16.7 Å². The predicted molar refractivity (Wildman–Crippen MR) is 78.7 cm³/mol. The summed E-state index contributed by atoms with van der Waals surface area (Å²) >= 11 is 0. The first-order valence-corrected chi connectivity index (χ1v) is 6.61. The lowest BCUT2D eigenvalue weighted by atomic mass is 10.0. The zero-order valence-electron chi connectivity index (χ0n) is 11.3. The molecule has 0 radical (unpaired) electrons. The molecule has 0 aliphatic carbocycles. The van der Waals surface area contributed by atoms with Crippen LogP contribution in [0.25, 0.3) is 22.0 Å². The van der Waals surface area contributed by atoms with Crippen LogP contribution in [0, 0.1) is 6.92 Å². The molecular weight excluding hydrogens is 268 g/mol. The Morgan fingerprint density at radius 1 is 1.05 bits per heavy atom. The minimum absolute atomic E-state index is 0.116. The van der Waals surface area contributed by atoms with Crippen LogP contribution in [0.15, 0.2) is 41.2 Å². The first-order chi connectivity index (χ1) is 10.2. The first kappa shape index (κ1) is 12.0. The molecule has 0 saturated carbocycles. The van der Waals surface area contributed by atoms with Gasteiger partial charge in [-0.25, -0.2) is 4.98 Å². The molecule has 3 aromatic rings. The van der Waals surface area contributed by atoms with Crippen LogP contribution in [0.5, 0.6) is 11.5 Å². The maximum atomic E-state index is 11.9. The molecule has 21 heavy (non-hydrogen) atoms. The van der Waals surface area contributed by atoms with Crippen LogP contribution >= 0.6 is 0 Å². The van der Waals surface area contributed by atoms with Crippen molar-refractivity contribution < 1.29 is 9.47 Å². The van der Waals surface area contributed by atoms with Crippen LogP contribution in [-0.2, 0) is 0 Å². The number of hydrogen-bond acceptors (Lipinski definition) is 4. The minimum atomic E-state index is -0.116. The molecule has 0 spiro atoms. The van der Waals surface area contributed by atoms with E-state index >= 15 is 0 Å². The third kappa shape index (κ3) is 1.94. The second kappa shape index (κ2) is 4.34. The van der Waals surface area contributed by atoms with Gasteiger partial charge in [-0.2, -0.15) is 0 Å². The van der Waals surface area contributed by atoms with Crippen LogP contribution in [0.3, 0.4) is 0 Å². The second-order valence-corrected chi connectivity index (χ2v) is 4.95. The highest BCUT2D eigenvalue weighted by Crippen LogP contribution is 2.36. The topological polar surface area (TPSA) is 64.2 Å². The number of nitrogens with zero attached hydrogens (tertiary/aromatic N) is 1. The lowest BCUT2D eigenvalue weighted by Gasteiger charge is -2.05. The molecule has 0 bridgehead atoms. The Labute approximate surface area is 120 Å². The van der Waals surface area contributed by atoms with Crippen LogP contribution in [0.1, 0.15) is 5.82 Å². The third-order valence-corrected chi connectivity index (χ3v) is 3.53. The van der Waals surface area contributed by atoms with Gasteiger partial charge >= 0.3 is 0 Å². The van der Waals surface area contributed by atoms with E-state index in [1.165, 1.54) is 0 Å². The molecule has 5 nitrogen and oxygen atoms in total. The standard InChI is InChI=1S/C16H12N2O3/c1-9-17-13-6-10(2-4-12(13)16(19)18-9)11-3-5-14-15(7-11)21-8-20-14/h2-7H,8H2,1H3,(H,17,18,19). The molecule has 0 atom stereocenters. The van der Waals surface area contributed by atoms with Gasteiger partial charge < -0.3 is 14.5 Å². The number of hydrogen-bond donors (Lipinski definition) is 1. The monoisotopic (exact) mass is 280 g/mol. The lowest BCUT2D eigenvalue weighted by Crippen LogP contribution is -2.09. The van der Waals surface area contributed by atoms with E-state index in [1.807, 2.05) is 30.3 Å². The molecule has 2 aromatic carbocycles. The summed E-state index contributed by atoms with van der Waals surface area (Å²) < 4.78 is 10.7. The van der Waals surface area contributed by atoms with Crippen molar-refractivity contribution >= 4 is 10.9 Å². The fourth-order valence-corrected chi connectivity index (χ4v) is 2.51. The molecule has 1 aromatic heterocycles. The number of nitrogens with one attached hydrogen (secondary N) is 1. The summed E-state index contributed by atoms with van der Waals surface area (Å²) in [6.45, 7) is 2.03. The highest BCUT2D eigenvalue weighted by atomic mass is 16.7. The zero-order valence-corrected chi connectivity index (χ0v) is 11.3. The zero-order chi connectivity index (χ0) is 14.4. The van der Waals surface area contributed by atoms with Crippen LogP contribution < -0.4 is 15.0 Å². The van der Waals surface area contributed by atoms with E-state index in [9.17, 15) is 4.79 Å². The maximum Gasteiger partial charge on any atom is 0.258 e. The fraction of sp³-hybridized carbons (Fsp3) is 0.125. The van der Waals surface area contributed by atoms with Crippen molar-refractivity contribution in [2.24, 2.45) is 0 Å². The van der Waals surface area contributed by atoms with Crippen LogP contribution in [0.4, 0.5) is 0 Å². The summed E-state index contributed by atoms with van der Waals surface area (Å²) in [6.07, 6.45) is 0. The molecule has 4 rings (SSSR count). The van der Waals surface area contributed by atoms with Crippen LogP contribution in [0.2, 0.25) is 0 Å². The summed E-state index contributed by atoms with van der Waals surface area (Å²) in [5.74, 6) is 2.10. The number of aryl methyl sites for hydroxylation is 1. The molecule has 0 amide bonds. The average molecular weight is 280 g/mol. The number of aromatic nitrogens is 2. The summed E-state index contributed by atoms with van der Waals surface area (Å²) in [7, 11) is 0. The lowest BCUT2D eigenvalue weighted by molar-refractivity contribution is 0.174. The van der Waals surface area contributed by atoms with Crippen molar-refractivity contribution in [3.05, 3.63) is 52.6 Å². The van der Waals surface area contributed by atoms with Gasteiger partial charge in [-0.3, -0.25) is 4.79 Å². The van der Waals surface area contributed by atoms with Crippen molar-refractivity contribution in [3.63, 3.8) is 0 Å². The van der Waals surface area contributed by atoms with Gasteiger partial charge in [0.2, 0.25) is 6.79 Å². The van der Waals surface area contributed by atoms with Gasteiger partial charge in [0.05, 0.1) is 10.9 Å². The van der Waals surface area contributed by atoms with Crippen molar-refractivity contribution in [1.29, 1.82) is 0 Å². The molecule has 1 aliphatic rings. The van der Waals surface area contributed by atoms with Gasteiger partial charge in [-0.1, -0.05) is 12.1 Å². The number of fused-ring (bicyclic) bond motifs is 2. The van der Waals surface area contributed by atoms with Gasteiger partial charge in [0, 0.05) is 0 Å².